The summed E-state index contributed by atoms with van der Waals surface area (Å²) in [6, 6.07) is 12.9. The summed E-state index contributed by atoms with van der Waals surface area (Å²) in [5.41, 5.74) is 7.58. The van der Waals surface area contributed by atoms with Crippen molar-refractivity contribution in [3.05, 3.63) is 58.1 Å². The molecule has 0 spiro atoms. The summed E-state index contributed by atoms with van der Waals surface area (Å²) in [5.74, 6) is 0.626. The lowest BCUT2D eigenvalue weighted by Crippen LogP contribution is -1.96. The van der Waals surface area contributed by atoms with Crippen LogP contribution in [0, 0.1) is 10.1 Å². The minimum atomic E-state index is -0.457. The van der Waals surface area contributed by atoms with E-state index in [-0.39, 0.29) is 11.4 Å². The van der Waals surface area contributed by atoms with Gasteiger partial charge in [0, 0.05) is 11.8 Å². The minimum absolute atomic E-state index is 0.0441. The van der Waals surface area contributed by atoms with E-state index < -0.39 is 4.92 Å². The van der Waals surface area contributed by atoms with E-state index in [4.69, 9.17) is 5.73 Å². The van der Waals surface area contributed by atoms with E-state index in [0.29, 0.717) is 5.75 Å². The standard InChI is InChI=1S/C14H11N3O2S2/c15-10-6-5-9(7-12(10)17(18)19)8-20-14-16-11-3-1-2-4-13(11)21-14/h1-7H,8,15H2. The highest BCUT2D eigenvalue weighted by molar-refractivity contribution is 8.00. The third kappa shape index (κ3) is 2.98. The topological polar surface area (TPSA) is 82.0 Å². The number of hydrogen-bond acceptors (Lipinski definition) is 6. The van der Waals surface area contributed by atoms with E-state index in [9.17, 15) is 10.1 Å². The smallest absolute Gasteiger partial charge is 0.292 e. The van der Waals surface area contributed by atoms with Gasteiger partial charge in [0.05, 0.1) is 15.1 Å². The molecule has 0 bridgehead atoms. The zero-order valence-corrected chi connectivity index (χ0v) is 12.5. The molecule has 0 aliphatic rings. The Hall–Kier alpha value is -2.12. The second-order valence-electron chi connectivity index (χ2n) is 4.39. The first-order chi connectivity index (χ1) is 10.1. The summed E-state index contributed by atoms with van der Waals surface area (Å²) in [4.78, 5) is 14.9. The summed E-state index contributed by atoms with van der Waals surface area (Å²) >= 11 is 3.19. The van der Waals surface area contributed by atoms with Gasteiger partial charge in [-0.25, -0.2) is 4.98 Å². The quantitative estimate of drug-likeness (QED) is 0.339. The van der Waals surface area contributed by atoms with E-state index in [1.54, 1.807) is 29.2 Å². The van der Waals surface area contributed by atoms with Crippen LogP contribution in [-0.4, -0.2) is 9.91 Å². The molecule has 21 heavy (non-hydrogen) atoms. The zero-order chi connectivity index (χ0) is 14.8. The minimum Gasteiger partial charge on any atom is -0.393 e. The van der Waals surface area contributed by atoms with Gasteiger partial charge in [-0.3, -0.25) is 10.1 Å². The van der Waals surface area contributed by atoms with E-state index in [1.807, 2.05) is 30.3 Å². The third-order valence-corrected chi connectivity index (χ3v) is 5.18. The van der Waals surface area contributed by atoms with Crippen LogP contribution in [-0.2, 0) is 5.75 Å². The maximum absolute atomic E-state index is 10.9. The number of thiazole rings is 1. The molecular formula is C14H11N3O2S2. The number of fused-ring (bicyclic) bond motifs is 1. The van der Waals surface area contributed by atoms with Crippen LogP contribution in [0.2, 0.25) is 0 Å². The van der Waals surface area contributed by atoms with Crippen LogP contribution in [0.15, 0.2) is 46.8 Å². The zero-order valence-electron chi connectivity index (χ0n) is 10.9. The lowest BCUT2D eigenvalue weighted by molar-refractivity contribution is -0.383. The SMILES string of the molecule is Nc1ccc(CSc2nc3ccccc3s2)cc1[N+](=O)[O-]. The highest BCUT2D eigenvalue weighted by Gasteiger charge is 2.12. The molecule has 0 unspecified atom stereocenters. The second kappa shape index (κ2) is 5.71. The molecule has 0 amide bonds. The van der Waals surface area contributed by atoms with E-state index in [2.05, 4.69) is 4.98 Å². The average Bonchev–Trinajstić information content (AvgIpc) is 2.89. The van der Waals surface area contributed by atoms with Crippen LogP contribution in [0.5, 0.6) is 0 Å². The number of benzene rings is 2. The van der Waals surface area contributed by atoms with Crippen molar-refractivity contribution in [1.29, 1.82) is 0 Å². The fourth-order valence-corrected chi connectivity index (χ4v) is 3.91. The van der Waals surface area contributed by atoms with Gasteiger partial charge >= 0.3 is 0 Å². The first kappa shape index (κ1) is 13.8. The number of anilines is 1. The monoisotopic (exact) mass is 317 g/mol. The van der Waals surface area contributed by atoms with Crippen molar-refractivity contribution >= 4 is 44.7 Å². The van der Waals surface area contributed by atoms with Crippen molar-refractivity contribution < 1.29 is 4.92 Å². The van der Waals surface area contributed by atoms with Crippen LogP contribution in [0.1, 0.15) is 5.56 Å². The molecule has 0 atom stereocenters. The Labute approximate surface area is 129 Å². The van der Waals surface area contributed by atoms with Gasteiger partial charge in [0.15, 0.2) is 4.34 Å². The molecule has 0 fully saturated rings. The molecule has 0 aliphatic heterocycles. The molecule has 0 radical (unpaired) electrons. The van der Waals surface area contributed by atoms with Crippen LogP contribution in [0.4, 0.5) is 11.4 Å². The number of hydrogen-bond donors (Lipinski definition) is 1. The Morgan fingerprint density at radius 1 is 1.29 bits per heavy atom. The van der Waals surface area contributed by atoms with Gasteiger partial charge in [-0.2, -0.15) is 0 Å². The highest BCUT2D eigenvalue weighted by atomic mass is 32.2. The number of nitrogen functional groups attached to an aromatic ring is 1. The van der Waals surface area contributed by atoms with E-state index >= 15 is 0 Å². The molecule has 1 heterocycles. The number of thioether (sulfide) groups is 1. The van der Waals surface area contributed by atoms with Crippen LogP contribution >= 0.6 is 23.1 Å². The first-order valence-corrected chi connectivity index (χ1v) is 7.95. The molecule has 5 nitrogen and oxygen atoms in total. The van der Waals surface area contributed by atoms with Crippen molar-refractivity contribution in [1.82, 2.24) is 4.98 Å². The van der Waals surface area contributed by atoms with Crippen molar-refractivity contribution in [2.75, 3.05) is 5.73 Å². The molecule has 0 saturated carbocycles. The Morgan fingerprint density at radius 3 is 2.86 bits per heavy atom. The number of para-hydroxylation sites is 1. The van der Waals surface area contributed by atoms with Crippen LogP contribution in [0.3, 0.4) is 0 Å². The van der Waals surface area contributed by atoms with Crippen LogP contribution in [0.25, 0.3) is 10.2 Å². The largest absolute Gasteiger partial charge is 0.393 e. The Bertz CT molecular complexity index is 784. The van der Waals surface area contributed by atoms with Gasteiger partial charge in [0.1, 0.15) is 5.69 Å². The van der Waals surface area contributed by atoms with Crippen molar-refractivity contribution in [3.63, 3.8) is 0 Å². The summed E-state index contributed by atoms with van der Waals surface area (Å²) in [5, 5.41) is 10.9. The average molecular weight is 317 g/mol. The predicted octanol–water partition coefficient (Wildman–Crippen LogP) is 4.08. The van der Waals surface area contributed by atoms with Gasteiger partial charge in [-0.15, -0.1) is 11.3 Å². The molecular weight excluding hydrogens is 306 g/mol. The van der Waals surface area contributed by atoms with Gasteiger partial charge < -0.3 is 5.73 Å². The number of rotatable bonds is 4. The molecule has 3 rings (SSSR count). The van der Waals surface area contributed by atoms with E-state index in [0.717, 1.165) is 20.1 Å². The molecule has 2 N–H and O–H groups in total. The van der Waals surface area contributed by atoms with E-state index in [1.165, 1.54) is 6.07 Å². The molecule has 2 aromatic carbocycles. The molecule has 3 aromatic rings. The number of nitro benzene ring substituents is 1. The predicted molar refractivity (Wildman–Crippen MR) is 86.7 cm³/mol. The second-order valence-corrected chi connectivity index (χ2v) is 6.64. The van der Waals surface area contributed by atoms with Crippen molar-refractivity contribution in [2.45, 2.75) is 10.1 Å². The molecule has 7 heteroatoms. The highest BCUT2D eigenvalue weighted by Crippen LogP contribution is 2.32. The number of nitro groups is 1. The fraction of sp³-hybridized carbons (Fsp3) is 0.0714. The maximum Gasteiger partial charge on any atom is 0.292 e. The lowest BCUT2D eigenvalue weighted by Gasteiger charge is -2.01. The molecule has 0 aliphatic carbocycles. The van der Waals surface area contributed by atoms with Gasteiger partial charge in [0.2, 0.25) is 0 Å². The van der Waals surface area contributed by atoms with Crippen molar-refractivity contribution in [2.24, 2.45) is 0 Å². The summed E-state index contributed by atoms with van der Waals surface area (Å²) in [6.07, 6.45) is 0. The molecule has 0 saturated heterocycles. The van der Waals surface area contributed by atoms with Gasteiger partial charge in [-0.05, 0) is 23.8 Å². The Kier molecular flexibility index (Phi) is 3.76. The van der Waals surface area contributed by atoms with Crippen LogP contribution < -0.4 is 5.73 Å². The first-order valence-electron chi connectivity index (χ1n) is 6.14. The third-order valence-electron chi connectivity index (χ3n) is 2.93. The van der Waals surface area contributed by atoms with Gasteiger partial charge in [-0.1, -0.05) is 30.0 Å². The Balaban J connectivity index is 1.78. The van der Waals surface area contributed by atoms with Crippen molar-refractivity contribution in [3.8, 4) is 0 Å². The summed E-state index contributed by atoms with van der Waals surface area (Å²) in [7, 11) is 0. The maximum atomic E-state index is 10.9. The number of aromatic nitrogens is 1. The number of nitrogens with zero attached hydrogens (tertiary/aromatic N) is 2. The normalized spacial score (nSPS) is 10.9. The molecule has 106 valence electrons. The lowest BCUT2D eigenvalue weighted by atomic mass is 10.2. The van der Waals surface area contributed by atoms with Gasteiger partial charge in [0.25, 0.3) is 5.69 Å². The molecule has 1 aromatic heterocycles. The Morgan fingerprint density at radius 2 is 2.10 bits per heavy atom. The summed E-state index contributed by atoms with van der Waals surface area (Å²) in [6.45, 7) is 0. The summed E-state index contributed by atoms with van der Waals surface area (Å²) < 4.78 is 2.10. The number of nitrogens with two attached hydrogens (primary N) is 1. The fourth-order valence-electron chi connectivity index (χ4n) is 1.90.